The van der Waals surface area contributed by atoms with Gasteiger partial charge in [-0.3, -0.25) is 0 Å². The van der Waals surface area contributed by atoms with E-state index in [0.717, 1.165) is 12.8 Å². The van der Waals surface area contributed by atoms with Crippen LogP contribution in [0.25, 0.3) is 0 Å². The summed E-state index contributed by atoms with van der Waals surface area (Å²) in [6, 6.07) is 17.0. The average Bonchev–Trinajstić information content (AvgIpc) is 2.97. The molecule has 0 saturated heterocycles. The smallest absolute Gasteiger partial charge is 0.317 e. The SMILES string of the molecule is CNC(=O)N(Cc1ccc(C)cc1)[C@@H]1CCc2ccccc21. The number of hydrogen-bond donors (Lipinski definition) is 1. The van der Waals surface area contributed by atoms with E-state index >= 15 is 0 Å². The largest absolute Gasteiger partial charge is 0.341 e. The molecule has 3 nitrogen and oxygen atoms in total. The monoisotopic (exact) mass is 294 g/mol. The number of fused-ring (bicyclic) bond motifs is 1. The zero-order chi connectivity index (χ0) is 15.5. The molecule has 3 heteroatoms. The van der Waals surface area contributed by atoms with Crippen LogP contribution in [-0.4, -0.2) is 18.0 Å². The van der Waals surface area contributed by atoms with Crippen LogP contribution >= 0.6 is 0 Å². The molecule has 0 aliphatic heterocycles. The molecule has 0 fully saturated rings. The standard InChI is InChI=1S/C19H22N2O/c1-14-7-9-15(10-8-14)13-21(19(22)20-2)18-12-11-16-5-3-4-6-17(16)18/h3-10,18H,11-13H2,1-2H3,(H,20,22)/t18-/m1/s1. The average molecular weight is 294 g/mol. The van der Waals surface area contributed by atoms with Crippen molar-refractivity contribution in [2.75, 3.05) is 7.05 Å². The minimum atomic E-state index is -0.0118. The van der Waals surface area contributed by atoms with Gasteiger partial charge in [0.05, 0.1) is 6.04 Å². The first-order valence-corrected chi connectivity index (χ1v) is 7.80. The Balaban J connectivity index is 1.88. The molecule has 22 heavy (non-hydrogen) atoms. The number of nitrogens with one attached hydrogen (secondary N) is 1. The maximum Gasteiger partial charge on any atom is 0.317 e. The Labute approximate surface area is 132 Å². The van der Waals surface area contributed by atoms with E-state index in [0.29, 0.717) is 6.54 Å². The normalized spacial score (nSPS) is 16.2. The molecule has 114 valence electrons. The van der Waals surface area contributed by atoms with Crippen LogP contribution in [0.1, 0.15) is 34.7 Å². The second-order valence-electron chi connectivity index (χ2n) is 5.92. The Morgan fingerprint density at radius 3 is 2.64 bits per heavy atom. The molecule has 2 aromatic carbocycles. The van der Waals surface area contributed by atoms with Gasteiger partial charge in [-0.2, -0.15) is 0 Å². The molecule has 3 rings (SSSR count). The number of carbonyl (C=O) groups is 1. The molecule has 0 bridgehead atoms. The maximum atomic E-state index is 12.4. The second-order valence-corrected chi connectivity index (χ2v) is 5.92. The van der Waals surface area contributed by atoms with Crippen molar-refractivity contribution in [3.63, 3.8) is 0 Å². The highest BCUT2D eigenvalue weighted by molar-refractivity contribution is 5.74. The number of benzene rings is 2. The lowest BCUT2D eigenvalue weighted by Gasteiger charge is -2.29. The molecule has 1 aliphatic rings. The van der Waals surface area contributed by atoms with Gasteiger partial charge >= 0.3 is 6.03 Å². The first-order valence-electron chi connectivity index (χ1n) is 7.80. The zero-order valence-corrected chi connectivity index (χ0v) is 13.2. The molecule has 2 aromatic rings. The molecule has 1 aliphatic carbocycles. The molecule has 0 aromatic heterocycles. The van der Waals surface area contributed by atoms with E-state index in [1.54, 1.807) is 7.05 Å². The topological polar surface area (TPSA) is 32.3 Å². The van der Waals surface area contributed by atoms with Crippen molar-refractivity contribution in [1.29, 1.82) is 0 Å². The molecular weight excluding hydrogens is 272 g/mol. The van der Waals surface area contributed by atoms with Crippen molar-refractivity contribution in [3.8, 4) is 0 Å². The third kappa shape index (κ3) is 2.84. The van der Waals surface area contributed by atoms with E-state index in [9.17, 15) is 4.79 Å². The van der Waals surface area contributed by atoms with Gasteiger partial charge in [0.2, 0.25) is 0 Å². The highest BCUT2D eigenvalue weighted by atomic mass is 16.2. The quantitative estimate of drug-likeness (QED) is 0.917. The van der Waals surface area contributed by atoms with Gasteiger partial charge in [0.25, 0.3) is 0 Å². The van der Waals surface area contributed by atoms with E-state index in [-0.39, 0.29) is 12.1 Å². The Morgan fingerprint density at radius 2 is 1.91 bits per heavy atom. The number of urea groups is 1. The van der Waals surface area contributed by atoms with Gasteiger partial charge in [-0.25, -0.2) is 4.79 Å². The van der Waals surface area contributed by atoms with Crippen LogP contribution in [0, 0.1) is 6.92 Å². The first-order chi connectivity index (χ1) is 10.7. The summed E-state index contributed by atoms with van der Waals surface area (Å²) >= 11 is 0. The highest BCUT2D eigenvalue weighted by Gasteiger charge is 2.30. The van der Waals surface area contributed by atoms with Gasteiger partial charge in [-0.05, 0) is 36.5 Å². The van der Waals surface area contributed by atoms with Crippen molar-refractivity contribution in [2.24, 2.45) is 0 Å². The van der Waals surface area contributed by atoms with Crippen LogP contribution < -0.4 is 5.32 Å². The van der Waals surface area contributed by atoms with Crippen LogP contribution in [0.2, 0.25) is 0 Å². The van der Waals surface area contributed by atoms with Gasteiger partial charge in [0, 0.05) is 13.6 Å². The number of carbonyl (C=O) groups excluding carboxylic acids is 1. The summed E-state index contributed by atoms with van der Waals surface area (Å²) in [5.41, 5.74) is 5.06. The van der Waals surface area contributed by atoms with E-state index in [1.807, 2.05) is 4.90 Å². The molecule has 2 amide bonds. The zero-order valence-electron chi connectivity index (χ0n) is 13.2. The molecule has 0 unspecified atom stereocenters. The Morgan fingerprint density at radius 1 is 1.18 bits per heavy atom. The Bertz CT molecular complexity index is 663. The molecule has 0 heterocycles. The van der Waals surface area contributed by atoms with Gasteiger partial charge in [0.15, 0.2) is 0 Å². The van der Waals surface area contributed by atoms with Crippen LogP contribution in [0.4, 0.5) is 4.79 Å². The van der Waals surface area contributed by atoms with Gasteiger partial charge in [-0.15, -0.1) is 0 Å². The number of hydrogen-bond acceptors (Lipinski definition) is 1. The molecule has 0 radical (unpaired) electrons. The summed E-state index contributed by atoms with van der Waals surface area (Å²) in [4.78, 5) is 14.3. The molecular formula is C19H22N2O. The van der Waals surface area contributed by atoms with Crippen molar-refractivity contribution in [2.45, 2.75) is 32.4 Å². The number of aryl methyl sites for hydroxylation is 2. The number of nitrogens with zero attached hydrogens (tertiary/aromatic N) is 1. The summed E-state index contributed by atoms with van der Waals surface area (Å²) in [6.07, 6.45) is 2.04. The summed E-state index contributed by atoms with van der Waals surface area (Å²) in [7, 11) is 1.70. The molecule has 0 spiro atoms. The lowest BCUT2D eigenvalue weighted by atomic mass is 10.1. The van der Waals surface area contributed by atoms with Crippen molar-refractivity contribution >= 4 is 6.03 Å². The fourth-order valence-electron chi connectivity index (χ4n) is 3.22. The first kappa shape index (κ1) is 14.6. The predicted octanol–water partition coefficient (Wildman–Crippen LogP) is 3.82. The number of rotatable bonds is 3. The van der Waals surface area contributed by atoms with Crippen molar-refractivity contribution in [1.82, 2.24) is 10.2 Å². The predicted molar refractivity (Wildman–Crippen MR) is 88.7 cm³/mol. The lowest BCUT2D eigenvalue weighted by molar-refractivity contribution is 0.172. The molecule has 1 N–H and O–H groups in total. The van der Waals surface area contributed by atoms with Crippen molar-refractivity contribution in [3.05, 3.63) is 70.8 Å². The fourth-order valence-corrected chi connectivity index (χ4v) is 3.22. The third-order valence-corrected chi connectivity index (χ3v) is 4.43. The molecule has 1 atom stereocenters. The van der Waals surface area contributed by atoms with Crippen LogP contribution in [0.15, 0.2) is 48.5 Å². The van der Waals surface area contributed by atoms with Gasteiger partial charge < -0.3 is 10.2 Å². The van der Waals surface area contributed by atoms with Gasteiger partial charge in [-0.1, -0.05) is 54.1 Å². The van der Waals surface area contributed by atoms with Crippen molar-refractivity contribution < 1.29 is 4.79 Å². The highest BCUT2D eigenvalue weighted by Crippen LogP contribution is 2.36. The fraction of sp³-hybridized carbons (Fsp3) is 0.316. The maximum absolute atomic E-state index is 12.4. The summed E-state index contributed by atoms with van der Waals surface area (Å²) in [5, 5.41) is 2.79. The summed E-state index contributed by atoms with van der Waals surface area (Å²) in [6.45, 7) is 2.71. The van der Waals surface area contributed by atoms with E-state index in [4.69, 9.17) is 0 Å². The van der Waals surface area contributed by atoms with Gasteiger partial charge in [0.1, 0.15) is 0 Å². The second kappa shape index (κ2) is 6.22. The minimum absolute atomic E-state index is 0.0118. The minimum Gasteiger partial charge on any atom is -0.341 e. The Hall–Kier alpha value is -2.29. The number of amides is 2. The van der Waals surface area contributed by atoms with E-state index in [2.05, 4.69) is 60.8 Å². The third-order valence-electron chi connectivity index (χ3n) is 4.43. The van der Waals surface area contributed by atoms with Crippen LogP contribution in [0.3, 0.4) is 0 Å². The summed E-state index contributed by atoms with van der Waals surface area (Å²) < 4.78 is 0. The van der Waals surface area contributed by atoms with E-state index < -0.39 is 0 Å². The molecule has 0 saturated carbocycles. The van der Waals surface area contributed by atoms with Crippen LogP contribution in [0.5, 0.6) is 0 Å². The van der Waals surface area contributed by atoms with Crippen LogP contribution in [-0.2, 0) is 13.0 Å². The summed E-state index contributed by atoms with van der Waals surface area (Å²) in [5.74, 6) is 0. The lowest BCUT2D eigenvalue weighted by Crippen LogP contribution is -2.39. The Kier molecular flexibility index (Phi) is 4.14. The van der Waals surface area contributed by atoms with E-state index in [1.165, 1.54) is 22.3 Å².